The lowest BCUT2D eigenvalue weighted by atomic mass is 9.97. The van der Waals surface area contributed by atoms with Crippen LogP contribution in [-0.2, 0) is 0 Å². The molecule has 0 spiro atoms. The molecule has 0 saturated carbocycles. The van der Waals surface area contributed by atoms with E-state index < -0.39 is 0 Å². The largest absolute Gasteiger partial charge is 0.508 e. The Morgan fingerprint density at radius 2 is 1.75 bits per heavy atom. The third-order valence-electron chi connectivity index (χ3n) is 2.68. The van der Waals surface area contributed by atoms with Gasteiger partial charge in [0.05, 0.1) is 6.04 Å². The molecule has 0 bridgehead atoms. The van der Waals surface area contributed by atoms with E-state index in [9.17, 15) is 5.11 Å². The summed E-state index contributed by atoms with van der Waals surface area (Å²) >= 11 is 0. The second kappa shape index (κ2) is 4.37. The molecule has 0 radical (unpaired) electrons. The number of nitrogens with two attached hydrogens (primary N) is 1. The van der Waals surface area contributed by atoms with Crippen LogP contribution in [0.3, 0.4) is 0 Å². The maximum atomic E-state index is 9.79. The number of hydrogen-bond donors (Lipinski definition) is 2. The number of rotatable bonds is 2. The van der Waals surface area contributed by atoms with Crippen molar-refractivity contribution in [2.75, 3.05) is 0 Å². The zero-order valence-electron chi connectivity index (χ0n) is 9.22. The number of phenols is 1. The lowest BCUT2D eigenvalue weighted by molar-refractivity contribution is 0.465. The fraction of sp³-hybridized carbons (Fsp3) is 0.143. The number of benzene rings is 2. The lowest BCUT2D eigenvalue weighted by Gasteiger charge is -2.14. The Labute approximate surface area is 95.4 Å². The highest BCUT2D eigenvalue weighted by Gasteiger charge is 2.12. The summed E-state index contributed by atoms with van der Waals surface area (Å²) in [4.78, 5) is 0. The summed E-state index contributed by atoms with van der Waals surface area (Å²) in [5, 5.41) is 9.79. The molecule has 2 rings (SSSR count). The van der Waals surface area contributed by atoms with Crippen molar-refractivity contribution in [1.82, 2.24) is 0 Å². The monoisotopic (exact) mass is 213 g/mol. The summed E-state index contributed by atoms with van der Waals surface area (Å²) in [5.41, 5.74) is 9.00. The molecule has 2 aromatic rings. The van der Waals surface area contributed by atoms with E-state index in [2.05, 4.69) is 0 Å². The van der Waals surface area contributed by atoms with Crippen molar-refractivity contribution in [1.29, 1.82) is 0 Å². The van der Waals surface area contributed by atoms with E-state index in [1.807, 2.05) is 49.4 Å². The Kier molecular flexibility index (Phi) is 2.93. The first kappa shape index (κ1) is 10.7. The van der Waals surface area contributed by atoms with E-state index in [-0.39, 0.29) is 11.8 Å². The molecule has 0 unspecified atom stereocenters. The molecular formula is C14H15NO. The SMILES string of the molecule is Cc1ccc(O)c([C@@H](N)c2ccccc2)c1. The highest BCUT2D eigenvalue weighted by molar-refractivity contribution is 5.42. The molecular weight excluding hydrogens is 198 g/mol. The molecule has 1 atom stereocenters. The average Bonchev–Trinajstić information content (AvgIpc) is 2.32. The van der Waals surface area contributed by atoms with E-state index in [1.54, 1.807) is 6.07 Å². The second-order valence-electron chi connectivity index (χ2n) is 3.95. The first-order valence-corrected chi connectivity index (χ1v) is 5.28. The van der Waals surface area contributed by atoms with Crippen LogP contribution in [0.1, 0.15) is 22.7 Å². The Balaban J connectivity index is 2.41. The number of aromatic hydroxyl groups is 1. The number of phenolic OH excluding ortho intramolecular Hbond substituents is 1. The molecule has 16 heavy (non-hydrogen) atoms. The molecule has 3 N–H and O–H groups in total. The lowest BCUT2D eigenvalue weighted by Crippen LogP contribution is -2.12. The molecule has 82 valence electrons. The maximum absolute atomic E-state index is 9.79. The van der Waals surface area contributed by atoms with Gasteiger partial charge >= 0.3 is 0 Å². The van der Waals surface area contributed by atoms with Crippen LogP contribution in [0.2, 0.25) is 0 Å². The first-order valence-electron chi connectivity index (χ1n) is 5.28. The molecule has 0 amide bonds. The van der Waals surface area contributed by atoms with Gasteiger partial charge in [0.25, 0.3) is 0 Å². The number of aryl methyl sites for hydroxylation is 1. The quantitative estimate of drug-likeness (QED) is 0.805. The zero-order valence-corrected chi connectivity index (χ0v) is 9.22. The van der Waals surface area contributed by atoms with E-state index >= 15 is 0 Å². The molecule has 0 aliphatic heterocycles. The fourth-order valence-electron chi connectivity index (χ4n) is 1.76. The summed E-state index contributed by atoms with van der Waals surface area (Å²) in [7, 11) is 0. The normalized spacial score (nSPS) is 12.4. The first-order chi connectivity index (χ1) is 7.68. The molecule has 0 aromatic heterocycles. The van der Waals surface area contributed by atoms with Crippen LogP contribution in [0.5, 0.6) is 5.75 Å². The van der Waals surface area contributed by atoms with E-state index in [4.69, 9.17) is 5.73 Å². The molecule has 0 heterocycles. The van der Waals surface area contributed by atoms with Crippen molar-refractivity contribution in [3.63, 3.8) is 0 Å². The number of hydrogen-bond acceptors (Lipinski definition) is 2. The van der Waals surface area contributed by atoms with Crippen LogP contribution < -0.4 is 5.73 Å². The molecule has 0 saturated heterocycles. The minimum absolute atomic E-state index is 0.252. The topological polar surface area (TPSA) is 46.2 Å². The van der Waals surface area contributed by atoms with Gasteiger partial charge in [0.15, 0.2) is 0 Å². The second-order valence-corrected chi connectivity index (χ2v) is 3.95. The molecule has 2 nitrogen and oxygen atoms in total. The van der Waals surface area contributed by atoms with Crippen LogP contribution in [0.4, 0.5) is 0 Å². The van der Waals surface area contributed by atoms with Gasteiger partial charge in [0, 0.05) is 5.56 Å². The Bertz CT molecular complexity index is 479. The Morgan fingerprint density at radius 1 is 1.06 bits per heavy atom. The van der Waals surface area contributed by atoms with Crippen LogP contribution in [0.25, 0.3) is 0 Å². The van der Waals surface area contributed by atoms with Gasteiger partial charge in [-0.1, -0.05) is 48.0 Å². The van der Waals surface area contributed by atoms with Crippen LogP contribution in [0, 0.1) is 6.92 Å². The van der Waals surface area contributed by atoms with Gasteiger partial charge in [-0.15, -0.1) is 0 Å². The van der Waals surface area contributed by atoms with Crippen molar-refractivity contribution in [3.8, 4) is 5.75 Å². The van der Waals surface area contributed by atoms with Crippen molar-refractivity contribution in [3.05, 3.63) is 65.2 Å². The van der Waals surface area contributed by atoms with E-state index in [0.29, 0.717) is 0 Å². The van der Waals surface area contributed by atoms with Gasteiger partial charge in [-0.2, -0.15) is 0 Å². The standard InChI is InChI=1S/C14H15NO/c1-10-7-8-13(16)12(9-10)14(15)11-5-3-2-4-6-11/h2-9,14,16H,15H2,1H3/t14-/m0/s1. The summed E-state index contributed by atoms with van der Waals surface area (Å²) in [6.07, 6.45) is 0. The molecule has 0 fully saturated rings. The van der Waals surface area contributed by atoms with Crippen molar-refractivity contribution in [2.45, 2.75) is 13.0 Å². The Morgan fingerprint density at radius 3 is 2.44 bits per heavy atom. The fourth-order valence-corrected chi connectivity index (χ4v) is 1.76. The zero-order chi connectivity index (χ0) is 11.5. The van der Waals surface area contributed by atoms with Gasteiger partial charge in [-0.25, -0.2) is 0 Å². The predicted octanol–water partition coefficient (Wildman–Crippen LogP) is 2.75. The van der Waals surface area contributed by atoms with Gasteiger partial charge in [0.2, 0.25) is 0 Å². The predicted molar refractivity (Wildman–Crippen MR) is 65.3 cm³/mol. The Hall–Kier alpha value is -1.80. The van der Waals surface area contributed by atoms with Gasteiger partial charge in [0.1, 0.15) is 5.75 Å². The summed E-state index contributed by atoms with van der Waals surface area (Å²) in [6, 6.07) is 15.0. The van der Waals surface area contributed by atoms with Crippen LogP contribution in [-0.4, -0.2) is 5.11 Å². The molecule has 0 aliphatic carbocycles. The highest BCUT2D eigenvalue weighted by atomic mass is 16.3. The minimum atomic E-state index is -0.277. The van der Waals surface area contributed by atoms with E-state index in [0.717, 1.165) is 16.7 Å². The van der Waals surface area contributed by atoms with Gasteiger partial charge in [-0.05, 0) is 18.6 Å². The maximum Gasteiger partial charge on any atom is 0.120 e. The average molecular weight is 213 g/mol. The van der Waals surface area contributed by atoms with E-state index in [1.165, 1.54) is 0 Å². The van der Waals surface area contributed by atoms with Crippen molar-refractivity contribution >= 4 is 0 Å². The van der Waals surface area contributed by atoms with Crippen LogP contribution >= 0.6 is 0 Å². The molecule has 2 heteroatoms. The van der Waals surface area contributed by atoms with Crippen molar-refractivity contribution in [2.24, 2.45) is 5.73 Å². The van der Waals surface area contributed by atoms with Crippen LogP contribution in [0.15, 0.2) is 48.5 Å². The highest BCUT2D eigenvalue weighted by Crippen LogP contribution is 2.28. The summed E-state index contributed by atoms with van der Waals surface area (Å²) < 4.78 is 0. The summed E-state index contributed by atoms with van der Waals surface area (Å²) in [6.45, 7) is 1.99. The third-order valence-corrected chi connectivity index (χ3v) is 2.68. The molecule has 0 aliphatic rings. The van der Waals surface area contributed by atoms with Crippen molar-refractivity contribution < 1.29 is 5.11 Å². The summed E-state index contributed by atoms with van der Waals surface area (Å²) in [5.74, 6) is 0.252. The minimum Gasteiger partial charge on any atom is -0.508 e. The van der Waals surface area contributed by atoms with Gasteiger partial charge < -0.3 is 10.8 Å². The smallest absolute Gasteiger partial charge is 0.120 e. The van der Waals surface area contributed by atoms with Gasteiger partial charge in [-0.3, -0.25) is 0 Å². The third kappa shape index (κ3) is 2.07. The molecule has 2 aromatic carbocycles.